The number of rotatable bonds is 5. The monoisotopic (exact) mass is 172 g/mol. The fourth-order valence-electron chi connectivity index (χ4n) is 0.828. The maximum absolute atomic E-state index is 10.7. The molecule has 0 aromatic heterocycles. The minimum atomic E-state index is -0.559. The van der Waals surface area contributed by atoms with E-state index in [1.807, 2.05) is 6.92 Å². The average Bonchev–Trinajstić information content (AvgIpc) is 2.01. The molecule has 0 saturated heterocycles. The molecular formula is C8H16N2O2. The van der Waals surface area contributed by atoms with E-state index in [9.17, 15) is 4.79 Å². The standard InChI is InChI=1S/C8H16N2O2/c1-3-5-12-8(10)6(4-2)7(9)11/h6,10H,3-5H2,1-2H3,(H2,9,11). The molecule has 0 fully saturated rings. The maximum Gasteiger partial charge on any atom is 0.229 e. The van der Waals surface area contributed by atoms with Crippen molar-refractivity contribution in [3.8, 4) is 0 Å². The van der Waals surface area contributed by atoms with Crippen LogP contribution in [0, 0.1) is 11.3 Å². The maximum atomic E-state index is 10.7. The molecule has 1 amide bonds. The minimum absolute atomic E-state index is 0.00755. The third-order valence-electron chi connectivity index (χ3n) is 1.53. The number of hydrogen-bond acceptors (Lipinski definition) is 3. The Kier molecular flexibility index (Phi) is 5.08. The second kappa shape index (κ2) is 5.57. The molecule has 0 aliphatic heterocycles. The van der Waals surface area contributed by atoms with E-state index in [-0.39, 0.29) is 5.90 Å². The van der Waals surface area contributed by atoms with Crippen molar-refractivity contribution in [2.75, 3.05) is 6.61 Å². The lowest BCUT2D eigenvalue weighted by Crippen LogP contribution is -2.30. The molecule has 0 aliphatic rings. The first-order valence-corrected chi connectivity index (χ1v) is 4.14. The Balaban J connectivity index is 3.95. The van der Waals surface area contributed by atoms with Crippen molar-refractivity contribution in [1.82, 2.24) is 0 Å². The largest absolute Gasteiger partial charge is 0.481 e. The number of carbonyl (C=O) groups excluding carboxylic acids is 1. The first kappa shape index (κ1) is 10.9. The van der Waals surface area contributed by atoms with Crippen LogP contribution in [0.3, 0.4) is 0 Å². The number of hydrogen-bond donors (Lipinski definition) is 2. The lowest BCUT2D eigenvalue weighted by molar-refractivity contribution is -0.120. The van der Waals surface area contributed by atoms with Gasteiger partial charge in [0.1, 0.15) is 5.92 Å². The molecule has 0 heterocycles. The third-order valence-corrected chi connectivity index (χ3v) is 1.53. The molecule has 0 bridgehead atoms. The van der Waals surface area contributed by atoms with Gasteiger partial charge in [-0.25, -0.2) is 0 Å². The predicted octanol–water partition coefficient (Wildman–Crippen LogP) is 0.902. The zero-order chi connectivity index (χ0) is 9.56. The zero-order valence-electron chi connectivity index (χ0n) is 7.59. The van der Waals surface area contributed by atoms with Crippen LogP contribution in [-0.2, 0) is 9.53 Å². The molecule has 0 radical (unpaired) electrons. The van der Waals surface area contributed by atoms with Crippen LogP contribution in [0.15, 0.2) is 0 Å². The van der Waals surface area contributed by atoms with Gasteiger partial charge in [0, 0.05) is 0 Å². The molecule has 0 aromatic rings. The van der Waals surface area contributed by atoms with E-state index in [0.29, 0.717) is 13.0 Å². The summed E-state index contributed by atoms with van der Waals surface area (Å²) in [6.45, 7) is 4.22. The zero-order valence-corrected chi connectivity index (χ0v) is 7.59. The fourth-order valence-corrected chi connectivity index (χ4v) is 0.828. The molecule has 70 valence electrons. The van der Waals surface area contributed by atoms with E-state index in [1.54, 1.807) is 6.92 Å². The SMILES string of the molecule is CCCOC(=N)C(CC)C(N)=O. The highest BCUT2D eigenvalue weighted by Gasteiger charge is 2.19. The van der Waals surface area contributed by atoms with Crippen molar-refractivity contribution < 1.29 is 9.53 Å². The summed E-state index contributed by atoms with van der Waals surface area (Å²) in [5.74, 6) is -1.05. The Morgan fingerprint density at radius 1 is 1.58 bits per heavy atom. The van der Waals surface area contributed by atoms with Crippen molar-refractivity contribution in [2.24, 2.45) is 11.7 Å². The van der Waals surface area contributed by atoms with E-state index < -0.39 is 11.8 Å². The van der Waals surface area contributed by atoms with Gasteiger partial charge in [-0.05, 0) is 12.8 Å². The van der Waals surface area contributed by atoms with Gasteiger partial charge < -0.3 is 10.5 Å². The Morgan fingerprint density at radius 2 is 2.17 bits per heavy atom. The number of amides is 1. The van der Waals surface area contributed by atoms with Gasteiger partial charge in [0.2, 0.25) is 5.91 Å². The average molecular weight is 172 g/mol. The number of primary amides is 1. The Labute approximate surface area is 72.6 Å². The van der Waals surface area contributed by atoms with Crippen molar-refractivity contribution in [1.29, 1.82) is 5.41 Å². The molecule has 4 nitrogen and oxygen atoms in total. The van der Waals surface area contributed by atoms with Crippen LogP contribution in [0.1, 0.15) is 26.7 Å². The Hall–Kier alpha value is -1.06. The number of ether oxygens (including phenoxy) is 1. The highest BCUT2D eigenvalue weighted by molar-refractivity contribution is 5.98. The van der Waals surface area contributed by atoms with Crippen molar-refractivity contribution in [3.05, 3.63) is 0 Å². The predicted molar refractivity (Wildman–Crippen MR) is 46.9 cm³/mol. The molecule has 0 aromatic carbocycles. The van der Waals surface area contributed by atoms with Crippen LogP contribution in [0.25, 0.3) is 0 Å². The molecule has 4 heteroatoms. The summed E-state index contributed by atoms with van der Waals surface area (Å²) in [7, 11) is 0. The van der Waals surface area contributed by atoms with Crippen molar-refractivity contribution in [2.45, 2.75) is 26.7 Å². The van der Waals surface area contributed by atoms with E-state index in [2.05, 4.69) is 0 Å². The lowest BCUT2D eigenvalue weighted by atomic mass is 10.1. The molecule has 3 N–H and O–H groups in total. The van der Waals surface area contributed by atoms with Crippen LogP contribution >= 0.6 is 0 Å². The number of nitrogens with one attached hydrogen (secondary N) is 1. The molecule has 1 atom stereocenters. The highest BCUT2D eigenvalue weighted by Crippen LogP contribution is 2.04. The number of carbonyl (C=O) groups is 1. The van der Waals surface area contributed by atoms with Gasteiger partial charge in [0.05, 0.1) is 6.61 Å². The number of nitrogens with two attached hydrogens (primary N) is 1. The van der Waals surface area contributed by atoms with Crippen LogP contribution in [0.4, 0.5) is 0 Å². The van der Waals surface area contributed by atoms with E-state index in [0.717, 1.165) is 6.42 Å². The van der Waals surface area contributed by atoms with Gasteiger partial charge in [-0.1, -0.05) is 13.8 Å². The Bertz CT molecular complexity index is 168. The van der Waals surface area contributed by atoms with E-state index in [1.165, 1.54) is 0 Å². The van der Waals surface area contributed by atoms with Crippen molar-refractivity contribution >= 4 is 11.8 Å². The normalized spacial score (nSPS) is 12.2. The molecule has 1 unspecified atom stereocenters. The first-order chi connectivity index (χ1) is 5.63. The lowest BCUT2D eigenvalue weighted by Gasteiger charge is -2.12. The van der Waals surface area contributed by atoms with Gasteiger partial charge in [-0.15, -0.1) is 0 Å². The molecular weight excluding hydrogens is 156 g/mol. The van der Waals surface area contributed by atoms with Gasteiger partial charge in [-0.2, -0.15) is 0 Å². The van der Waals surface area contributed by atoms with Crippen LogP contribution in [-0.4, -0.2) is 18.4 Å². The summed E-state index contributed by atoms with van der Waals surface area (Å²) < 4.78 is 4.99. The third kappa shape index (κ3) is 3.37. The molecule has 12 heavy (non-hydrogen) atoms. The van der Waals surface area contributed by atoms with Gasteiger partial charge in [-0.3, -0.25) is 10.2 Å². The molecule has 0 rings (SSSR count). The summed E-state index contributed by atoms with van der Waals surface area (Å²) >= 11 is 0. The second-order valence-corrected chi connectivity index (χ2v) is 2.58. The summed E-state index contributed by atoms with van der Waals surface area (Å²) in [6, 6.07) is 0. The summed E-state index contributed by atoms with van der Waals surface area (Å²) in [4.78, 5) is 10.7. The smallest absolute Gasteiger partial charge is 0.229 e. The van der Waals surface area contributed by atoms with Gasteiger partial charge >= 0.3 is 0 Å². The summed E-state index contributed by atoms with van der Waals surface area (Å²) in [5, 5.41) is 7.36. The minimum Gasteiger partial charge on any atom is -0.481 e. The molecule has 0 saturated carbocycles. The molecule has 0 spiro atoms. The van der Waals surface area contributed by atoms with E-state index >= 15 is 0 Å². The topological polar surface area (TPSA) is 76.2 Å². The first-order valence-electron chi connectivity index (χ1n) is 4.14. The Morgan fingerprint density at radius 3 is 2.50 bits per heavy atom. The van der Waals surface area contributed by atoms with Gasteiger partial charge in [0.25, 0.3) is 0 Å². The summed E-state index contributed by atoms with van der Waals surface area (Å²) in [6.07, 6.45) is 1.36. The van der Waals surface area contributed by atoms with Crippen LogP contribution in [0.2, 0.25) is 0 Å². The molecule has 0 aliphatic carbocycles. The van der Waals surface area contributed by atoms with E-state index in [4.69, 9.17) is 15.9 Å². The summed E-state index contributed by atoms with van der Waals surface area (Å²) in [5.41, 5.74) is 5.06. The quantitative estimate of drug-likeness (QED) is 0.477. The van der Waals surface area contributed by atoms with Gasteiger partial charge in [0.15, 0.2) is 5.90 Å². The second-order valence-electron chi connectivity index (χ2n) is 2.58. The van der Waals surface area contributed by atoms with Crippen LogP contribution in [0.5, 0.6) is 0 Å². The van der Waals surface area contributed by atoms with Crippen molar-refractivity contribution in [3.63, 3.8) is 0 Å². The fraction of sp³-hybridized carbons (Fsp3) is 0.750. The highest BCUT2D eigenvalue weighted by atomic mass is 16.5. The van der Waals surface area contributed by atoms with Crippen LogP contribution < -0.4 is 5.73 Å².